The monoisotopic (exact) mass is 257 g/mol. The summed E-state index contributed by atoms with van der Waals surface area (Å²) in [5.41, 5.74) is 4.58. The Bertz CT molecular complexity index is 562. The zero-order valence-electron chi connectivity index (χ0n) is 11.6. The summed E-state index contributed by atoms with van der Waals surface area (Å²) in [7, 11) is 0. The number of hydrogen-bond donors (Lipinski definition) is 1. The summed E-state index contributed by atoms with van der Waals surface area (Å²) in [6, 6.07) is 12.3. The van der Waals surface area contributed by atoms with Gasteiger partial charge in [0, 0.05) is 17.1 Å². The Balaban J connectivity index is 2.26. The molecule has 0 aliphatic carbocycles. The van der Waals surface area contributed by atoms with Crippen molar-refractivity contribution >= 4 is 5.97 Å². The van der Waals surface area contributed by atoms with Crippen molar-refractivity contribution in [1.29, 1.82) is 0 Å². The molecule has 0 saturated heterocycles. The van der Waals surface area contributed by atoms with Gasteiger partial charge in [0.25, 0.3) is 0 Å². The quantitative estimate of drug-likeness (QED) is 0.908. The van der Waals surface area contributed by atoms with Crippen LogP contribution in [-0.2, 0) is 4.79 Å². The number of aromatic nitrogens is 1. The average Bonchev–Trinajstić information content (AvgIpc) is 2.68. The van der Waals surface area contributed by atoms with Gasteiger partial charge in [-0.3, -0.25) is 4.79 Å². The lowest BCUT2D eigenvalue weighted by molar-refractivity contribution is -0.137. The molecule has 3 nitrogen and oxygen atoms in total. The number of aliphatic carboxylic acids is 1. The van der Waals surface area contributed by atoms with Crippen LogP contribution in [0.2, 0.25) is 0 Å². The number of benzene rings is 1. The third kappa shape index (κ3) is 2.87. The van der Waals surface area contributed by atoms with E-state index in [4.69, 9.17) is 5.11 Å². The lowest BCUT2D eigenvalue weighted by Crippen LogP contribution is -2.03. The first kappa shape index (κ1) is 13.4. The largest absolute Gasteiger partial charge is 0.481 e. The second-order valence-corrected chi connectivity index (χ2v) is 5.04. The standard InChI is InChI=1S/C16H19NO2/c1-11(10-16(18)19)14-6-8-15(9-7-14)17-12(2)4-5-13(17)3/h4-9,11H,10H2,1-3H3,(H,18,19). The predicted molar refractivity (Wildman–Crippen MR) is 75.9 cm³/mol. The van der Waals surface area contributed by atoms with Gasteiger partial charge >= 0.3 is 5.97 Å². The van der Waals surface area contributed by atoms with Gasteiger partial charge in [-0.25, -0.2) is 0 Å². The maximum absolute atomic E-state index is 10.7. The van der Waals surface area contributed by atoms with Crippen LogP contribution in [-0.4, -0.2) is 15.6 Å². The van der Waals surface area contributed by atoms with Gasteiger partial charge in [0.15, 0.2) is 0 Å². The zero-order chi connectivity index (χ0) is 14.0. The molecule has 1 unspecified atom stereocenters. The van der Waals surface area contributed by atoms with Crippen molar-refractivity contribution in [3.05, 3.63) is 53.3 Å². The maximum Gasteiger partial charge on any atom is 0.303 e. The molecule has 100 valence electrons. The molecule has 2 rings (SSSR count). The van der Waals surface area contributed by atoms with Crippen LogP contribution >= 0.6 is 0 Å². The van der Waals surface area contributed by atoms with E-state index in [1.54, 1.807) is 0 Å². The molecule has 1 heterocycles. The van der Waals surface area contributed by atoms with Gasteiger partial charge in [-0.1, -0.05) is 19.1 Å². The van der Waals surface area contributed by atoms with Crippen LogP contribution in [0.1, 0.15) is 36.2 Å². The van der Waals surface area contributed by atoms with Crippen molar-refractivity contribution in [1.82, 2.24) is 4.57 Å². The minimum absolute atomic E-state index is 0.0402. The molecule has 0 bridgehead atoms. The Morgan fingerprint density at radius 1 is 1.11 bits per heavy atom. The molecule has 3 heteroatoms. The number of rotatable bonds is 4. The van der Waals surface area contributed by atoms with Crippen molar-refractivity contribution in [3.8, 4) is 5.69 Å². The first-order chi connectivity index (χ1) is 8.99. The molecule has 0 radical (unpaired) electrons. The van der Waals surface area contributed by atoms with E-state index in [1.165, 1.54) is 11.4 Å². The number of carbonyl (C=O) groups is 1. The van der Waals surface area contributed by atoms with Gasteiger partial charge < -0.3 is 9.67 Å². The highest BCUT2D eigenvalue weighted by Crippen LogP contribution is 2.22. The summed E-state index contributed by atoms with van der Waals surface area (Å²) >= 11 is 0. The van der Waals surface area contributed by atoms with E-state index in [0.717, 1.165) is 11.3 Å². The van der Waals surface area contributed by atoms with Gasteiger partial charge in [-0.05, 0) is 49.6 Å². The van der Waals surface area contributed by atoms with Gasteiger partial charge in [0.1, 0.15) is 0 Å². The first-order valence-corrected chi connectivity index (χ1v) is 6.46. The molecular formula is C16H19NO2. The molecular weight excluding hydrogens is 238 g/mol. The van der Waals surface area contributed by atoms with E-state index >= 15 is 0 Å². The fourth-order valence-electron chi connectivity index (χ4n) is 2.41. The molecule has 0 saturated carbocycles. The van der Waals surface area contributed by atoms with Crippen LogP contribution < -0.4 is 0 Å². The van der Waals surface area contributed by atoms with Gasteiger partial charge in [-0.2, -0.15) is 0 Å². The lowest BCUT2D eigenvalue weighted by atomic mass is 9.98. The van der Waals surface area contributed by atoms with Gasteiger partial charge in [0.2, 0.25) is 0 Å². The maximum atomic E-state index is 10.7. The molecule has 0 amide bonds. The van der Waals surface area contributed by atoms with E-state index in [9.17, 15) is 4.79 Å². The third-order valence-electron chi connectivity index (χ3n) is 3.47. The number of aryl methyl sites for hydroxylation is 2. The van der Waals surface area contributed by atoms with Crippen molar-refractivity contribution < 1.29 is 9.90 Å². The van der Waals surface area contributed by atoms with Gasteiger partial charge in [0.05, 0.1) is 6.42 Å². The highest BCUT2D eigenvalue weighted by atomic mass is 16.4. The summed E-state index contributed by atoms with van der Waals surface area (Å²) in [5.74, 6) is -0.716. The molecule has 0 spiro atoms. The Kier molecular flexibility index (Phi) is 3.74. The third-order valence-corrected chi connectivity index (χ3v) is 3.47. The summed E-state index contributed by atoms with van der Waals surface area (Å²) in [4.78, 5) is 10.7. The van der Waals surface area contributed by atoms with E-state index in [2.05, 4.69) is 30.5 Å². The molecule has 1 atom stereocenters. The molecule has 2 aromatic rings. The Morgan fingerprint density at radius 2 is 1.63 bits per heavy atom. The van der Waals surface area contributed by atoms with Crippen molar-refractivity contribution in [2.24, 2.45) is 0 Å². The molecule has 1 aromatic carbocycles. The highest BCUT2D eigenvalue weighted by molar-refractivity contribution is 5.68. The Morgan fingerprint density at radius 3 is 2.11 bits per heavy atom. The van der Waals surface area contributed by atoms with Crippen LogP contribution in [0, 0.1) is 13.8 Å². The van der Waals surface area contributed by atoms with Crippen LogP contribution in [0.15, 0.2) is 36.4 Å². The highest BCUT2D eigenvalue weighted by Gasteiger charge is 2.10. The average molecular weight is 257 g/mol. The fraction of sp³-hybridized carbons (Fsp3) is 0.312. The first-order valence-electron chi connectivity index (χ1n) is 6.46. The molecule has 1 N–H and O–H groups in total. The van der Waals surface area contributed by atoms with Crippen molar-refractivity contribution in [2.45, 2.75) is 33.1 Å². The van der Waals surface area contributed by atoms with Crippen LogP contribution in [0.4, 0.5) is 0 Å². The number of carboxylic acids is 1. The smallest absolute Gasteiger partial charge is 0.303 e. The van der Waals surface area contributed by atoms with Crippen molar-refractivity contribution in [3.63, 3.8) is 0 Å². The topological polar surface area (TPSA) is 42.2 Å². The molecule has 1 aromatic heterocycles. The van der Waals surface area contributed by atoms with E-state index in [0.29, 0.717) is 0 Å². The fourth-order valence-corrected chi connectivity index (χ4v) is 2.41. The Labute approximate surface area is 113 Å². The second kappa shape index (κ2) is 5.31. The Hall–Kier alpha value is -2.03. The second-order valence-electron chi connectivity index (χ2n) is 5.04. The van der Waals surface area contributed by atoms with Gasteiger partial charge in [-0.15, -0.1) is 0 Å². The lowest BCUT2D eigenvalue weighted by Gasteiger charge is -2.13. The minimum Gasteiger partial charge on any atom is -0.481 e. The summed E-state index contributed by atoms with van der Waals surface area (Å²) in [6.07, 6.45) is 0.168. The molecule has 0 aliphatic rings. The van der Waals surface area contributed by atoms with Crippen LogP contribution in [0.25, 0.3) is 5.69 Å². The summed E-state index contributed by atoms with van der Waals surface area (Å²) in [5, 5.41) is 8.82. The van der Waals surface area contributed by atoms with Crippen LogP contribution in [0.5, 0.6) is 0 Å². The minimum atomic E-state index is -0.756. The predicted octanol–water partition coefficient (Wildman–Crippen LogP) is 3.67. The number of hydrogen-bond acceptors (Lipinski definition) is 1. The molecule has 0 aliphatic heterocycles. The molecule has 19 heavy (non-hydrogen) atoms. The van der Waals surface area contributed by atoms with E-state index < -0.39 is 5.97 Å². The zero-order valence-corrected chi connectivity index (χ0v) is 11.6. The molecule has 0 fully saturated rings. The summed E-state index contributed by atoms with van der Waals surface area (Å²) in [6.45, 7) is 6.09. The SMILES string of the molecule is Cc1ccc(C)n1-c1ccc(C(C)CC(=O)O)cc1. The number of carboxylic acid groups (broad SMARTS) is 1. The van der Waals surface area contributed by atoms with E-state index in [1.807, 2.05) is 31.2 Å². The van der Waals surface area contributed by atoms with Crippen molar-refractivity contribution in [2.75, 3.05) is 0 Å². The number of nitrogens with zero attached hydrogens (tertiary/aromatic N) is 1. The van der Waals surface area contributed by atoms with E-state index in [-0.39, 0.29) is 12.3 Å². The van der Waals surface area contributed by atoms with Crippen LogP contribution in [0.3, 0.4) is 0 Å². The summed E-state index contributed by atoms with van der Waals surface area (Å²) < 4.78 is 2.19. The normalized spacial score (nSPS) is 12.4.